The molecule has 3 fully saturated rings. The molecule has 1 saturated heterocycles. The SMILES string of the molecule is Cc1nc2ccc(F)cc2c2c1OC1(CC2)CC2C(=O)NC3(C(=O)NS(=O)(=O)C4(C)CC4)CCC3C=CCCCCCC(NC(=O)OCC(C)(C)C)C(=O)N2C1. The highest BCUT2D eigenvalue weighted by Crippen LogP contribution is 2.47. The predicted octanol–water partition coefficient (Wildman–Crippen LogP) is 5.27. The minimum Gasteiger partial charge on any atom is -0.483 e. The molecule has 15 heteroatoms. The molecule has 56 heavy (non-hydrogen) atoms. The number of fused-ring (bicyclic) bond motifs is 5. The van der Waals surface area contributed by atoms with Crippen molar-refractivity contribution in [2.75, 3.05) is 13.2 Å². The van der Waals surface area contributed by atoms with Crippen molar-refractivity contribution >= 4 is 44.7 Å². The molecule has 5 atom stereocenters. The number of halogens is 1. The number of nitrogens with zero attached hydrogens (tertiary/aromatic N) is 2. The third-order valence-corrected chi connectivity index (χ3v) is 14.5. The Morgan fingerprint density at radius 2 is 1.88 bits per heavy atom. The summed E-state index contributed by atoms with van der Waals surface area (Å²) in [6.07, 6.45) is 8.81. The van der Waals surface area contributed by atoms with Crippen LogP contribution in [0.4, 0.5) is 9.18 Å². The highest BCUT2D eigenvalue weighted by molar-refractivity contribution is 7.91. The Labute approximate surface area is 328 Å². The van der Waals surface area contributed by atoms with Gasteiger partial charge in [0.15, 0.2) is 0 Å². The van der Waals surface area contributed by atoms with E-state index in [1.807, 2.05) is 32.9 Å². The van der Waals surface area contributed by atoms with Crippen LogP contribution in [0, 0.1) is 24.1 Å². The number of amides is 4. The zero-order chi connectivity index (χ0) is 40.3. The second-order valence-corrected chi connectivity index (χ2v) is 20.2. The lowest BCUT2D eigenvalue weighted by molar-refractivity contribution is -0.144. The Kier molecular flexibility index (Phi) is 10.4. The lowest BCUT2D eigenvalue weighted by Crippen LogP contribution is -2.70. The molecule has 7 rings (SSSR count). The second kappa shape index (κ2) is 14.6. The van der Waals surface area contributed by atoms with Gasteiger partial charge in [-0.05, 0) is 95.2 Å². The van der Waals surface area contributed by atoms with Crippen LogP contribution >= 0.6 is 0 Å². The lowest BCUT2D eigenvalue weighted by atomic mass is 9.65. The largest absolute Gasteiger partial charge is 0.483 e. The molecule has 1 aromatic heterocycles. The average Bonchev–Trinajstić information content (AvgIpc) is 3.79. The van der Waals surface area contributed by atoms with E-state index >= 15 is 0 Å². The number of aromatic nitrogens is 1. The molecule has 0 radical (unpaired) electrons. The van der Waals surface area contributed by atoms with Gasteiger partial charge in [-0.1, -0.05) is 45.8 Å². The van der Waals surface area contributed by atoms with Gasteiger partial charge in [-0.25, -0.2) is 22.6 Å². The van der Waals surface area contributed by atoms with E-state index in [-0.39, 0.29) is 31.4 Å². The zero-order valence-electron chi connectivity index (χ0n) is 33.0. The first kappa shape index (κ1) is 39.9. The second-order valence-electron chi connectivity index (χ2n) is 18.0. The van der Waals surface area contributed by atoms with Crippen molar-refractivity contribution in [1.29, 1.82) is 0 Å². The Morgan fingerprint density at radius 3 is 2.57 bits per heavy atom. The van der Waals surface area contributed by atoms with Gasteiger partial charge < -0.3 is 25.0 Å². The number of alkyl carbamates (subject to hydrolysis) is 1. The summed E-state index contributed by atoms with van der Waals surface area (Å²) in [6, 6.07) is 2.27. The highest BCUT2D eigenvalue weighted by Gasteiger charge is 2.59. The first-order valence-electron chi connectivity index (χ1n) is 19.9. The van der Waals surface area contributed by atoms with Gasteiger partial charge >= 0.3 is 6.09 Å². The van der Waals surface area contributed by atoms with E-state index in [2.05, 4.69) is 20.3 Å². The summed E-state index contributed by atoms with van der Waals surface area (Å²) in [7, 11) is -4.02. The summed E-state index contributed by atoms with van der Waals surface area (Å²) in [5.74, 6) is -2.29. The fourth-order valence-corrected chi connectivity index (χ4v) is 9.81. The maximum Gasteiger partial charge on any atom is 0.407 e. The fraction of sp³-hybridized carbons (Fsp3) is 0.634. The first-order valence-corrected chi connectivity index (χ1v) is 21.4. The monoisotopic (exact) mass is 795 g/mol. The summed E-state index contributed by atoms with van der Waals surface area (Å²) in [5.41, 5.74) is -0.910. The number of pyridine rings is 1. The number of hydrogen-bond donors (Lipinski definition) is 3. The Bertz CT molecular complexity index is 2080. The molecule has 1 aromatic carbocycles. The summed E-state index contributed by atoms with van der Waals surface area (Å²) >= 11 is 0. The number of hydrogen-bond acceptors (Lipinski definition) is 9. The van der Waals surface area contributed by atoms with Crippen LogP contribution in [-0.2, 0) is 35.6 Å². The van der Waals surface area contributed by atoms with Gasteiger partial charge in [0, 0.05) is 23.3 Å². The van der Waals surface area contributed by atoms with Crippen molar-refractivity contribution in [3.05, 3.63) is 47.4 Å². The Balaban J connectivity index is 1.24. The standard InChI is InChI=1S/C41H54FN5O8S/c1-25-33-28(29-21-27(42)13-14-30(29)43-25)16-17-40(55-33)22-32-34(48)45-41(36(50)46-56(52,53)39(5)19-20-39)18-15-26(41)11-9-7-6-8-10-12-31(35(49)47(32)23-40)44-37(51)54-24-38(2,3)4/h9,11,13-14,21,26,31-32H,6-8,10,12,15-20,22-24H2,1-5H3,(H,44,51)(H,45,48)(H,46,50). The minimum absolute atomic E-state index is 0.00549. The van der Waals surface area contributed by atoms with Crippen LogP contribution in [-0.4, -0.2) is 83.2 Å². The van der Waals surface area contributed by atoms with E-state index in [1.54, 1.807) is 19.9 Å². The van der Waals surface area contributed by atoms with Crippen LogP contribution < -0.4 is 20.1 Å². The van der Waals surface area contributed by atoms with Crippen LogP contribution in [0.5, 0.6) is 5.75 Å². The van der Waals surface area contributed by atoms with Gasteiger partial charge in [0.1, 0.15) is 34.8 Å². The molecule has 5 unspecified atom stereocenters. The zero-order valence-corrected chi connectivity index (χ0v) is 33.8. The van der Waals surface area contributed by atoms with Crippen molar-refractivity contribution in [2.24, 2.45) is 11.3 Å². The van der Waals surface area contributed by atoms with Crippen molar-refractivity contribution in [1.82, 2.24) is 25.2 Å². The minimum atomic E-state index is -4.02. The van der Waals surface area contributed by atoms with E-state index < -0.39 is 73.5 Å². The molecule has 3 aliphatic heterocycles. The molecule has 4 amide bonds. The number of carbonyl (C=O) groups excluding carboxylic acids is 4. The number of carbonyl (C=O) groups is 4. The van der Waals surface area contributed by atoms with Gasteiger partial charge in [-0.15, -0.1) is 0 Å². The van der Waals surface area contributed by atoms with Crippen LogP contribution in [0.15, 0.2) is 30.4 Å². The normalized spacial score (nSPS) is 29.0. The molecule has 3 N–H and O–H groups in total. The van der Waals surface area contributed by atoms with Crippen LogP contribution in [0.2, 0.25) is 0 Å². The predicted molar refractivity (Wildman–Crippen MR) is 206 cm³/mol. The third kappa shape index (κ3) is 7.71. The van der Waals surface area contributed by atoms with E-state index in [9.17, 15) is 32.0 Å². The smallest absolute Gasteiger partial charge is 0.407 e. The van der Waals surface area contributed by atoms with Crippen molar-refractivity contribution in [3.8, 4) is 5.75 Å². The molecule has 2 aliphatic carbocycles. The van der Waals surface area contributed by atoms with Crippen molar-refractivity contribution < 1.29 is 41.5 Å². The van der Waals surface area contributed by atoms with E-state index in [4.69, 9.17) is 9.47 Å². The molecule has 2 saturated carbocycles. The molecule has 0 bridgehead atoms. The van der Waals surface area contributed by atoms with Gasteiger partial charge in [0.25, 0.3) is 5.91 Å². The summed E-state index contributed by atoms with van der Waals surface area (Å²) < 4.78 is 54.6. The van der Waals surface area contributed by atoms with Gasteiger partial charge in [-0.2, -0.15) is 0 Å². The molecule has 304 valence electrons. The number of nitrogens with one attached hydrogen (secondary N) is 3. The van der Waals surface area contributed by atoms with Gasteiger partial charge in [0.05, 0.1) is 29.1 Å². The number of allylic oxidation sites excluding steroid dienone is 1. The Morgan fingerprint density at radius 1 is 1.11 bits per heavy atom. The molecule has 5 aliphatic rings. The van der Waals surface area contributed by atoms with Crippen molar-refractivity contribution in [3.63, 3.8) is 0 Å². The summed E-state index contributed by atoms with van der Waals surface area (Å²) in [5, 5.41) is 6.40. The van der Waals surface area contributed by atoms with E-state index in [1.165, 1.54) is 17.0 Å². The maximum atomic E-state index is 14.8. The number of benzene rings is 1. The number of rotatable bonds is 5. The van der Waals surface area contributed by atoms with E-state index in [0.717, 1.165) is 18.4 Å². The Hall–Kier alpha value is -4.27. The molecule has 4 heterocycles. The maximum absolute atomic E-state index is 14.8. The average molecular weight is 796 g/mol. The lowest BCUT2D eigenvalue weighted by Gasteiger charge is -2.48. The van der Waals surface area contributed by atoms with Gasteiger partial charge in [-0.3, -0.25) is 19.1 Å². The fourth-order valence-electron chi connectivity index (χ4n) is 8.50. The first-order chi connectivity index (χ1) is 26.3. The highest BCUT2D eigenvalue weighted by atomic mass is 32.2. The molecule has 1 spiro atoms. The summed E-state index contributed by atoms with van der Waals surface area (Å²) in [6.45, 7) is 9.30. The van der Waals surface area contributed by atoms with Crippen LogP contribution in [0.3, 0.4) is 0 Å². The summed E-state index contributed by atoms with van der Waals surface area (Å²) in [4.78, 5) is 62.9. The molecule has 2 aromatic rings. The van der Waals surface area contributed by atoms with Crippen LogP contribution in [0.25, 0.3) is 10.9 Å². The molecular formula is C41H54FN5O8S. The van der Waals surface area contributed by atoms with Gasteiger partial charge in [0.2, 0.25) is 21.8 Å². The number of aryl methyl sites for hydroxylation is 2. The number of sulfonamides is 1. The van der Waals surface area contributed by atoms with E-state index in [0.29, 0.717) is 73.7 Å². The van der Waals surface area contributed by atoms with Crippen molar-refractivity contribution in [2.45, 2.75) is 140 Å². The third-order valence-electron chi connectivity index (χ3n) is 12.3. The van der Waals surface area contributed by atoms with Crippen LogP contribution in [0.1, 0.15) is 110 Å². The quantitative estimate of drug-likeness (QED) is 0.341. The topological polar surface area (TPSA) is 173 Å². The number of ether oxygens (including phenoxy) is 2. The molecule has 13 nitrogen and oxygen atoms in total. The molecular weight excluding hydrogens is 742 g/mol.